The summed E-state index contributed by atoms with van der Waals surface area (Å²) in [7, 11) is 0. The van der Waals surface area contributed by atoms with Gasteiger partial charge in [0.2, 0.25) is 11.8 Å². The Morgan fingerprint density at radius 2 is 1.81 bits per heavy atom. The fourth-order valence-electron chi connectivity index (χ4n) is 4.29. The Bertz CT molecular complexity index is 1050. The number of anilines is 1. The Morgan fingerprint density at radius 3 is 2.39 bits per heavy atom. The predicted molar refractivity (Wildman–Crippen MR) is 102 cm³/mol. The molecule has 0 spiro atoms. The van der Waals surface area contributed by atoms with E-state index in [1.165, 1.54) is 18.2 Å². The Hall–Kier alpha value is -3.24. The normalized spacial score (nSPS) is 28.3. The van der Waals surface area contributed by atoms with Crippen molar-refractivity contribution >= 4 is 47.0 Å². The maximum Gasteiger partial charge on any atom is 0.337 e. The predicted octanol–water partition coefficient (Wildman–Crippen LogP) is 1.30. The van der Waals surface area contributed by atoms with Crippen LogP contribution in [0.3, 0.4) is 0 Å². The first-order valence-electron chi connectivity index (χ1n) is 9.19. The molecule has 2 bridgehead atoms. The summed E-state index contributed by atoms with van der Waals surface area (Å²) in [6.45, 7) is 2.20. The van der Waals surface area contributed by atoms with E-state index in [0.717, 1.165) is 24.8 Å². The lowest BCUT2D eigenvalue weighted by molar-refractivity contribution is -0.226. The maximum absolute atomic E-state index is 13.4. The zero-order valence-electron chi connectivity index (χ0n) is 16.2. The summed E-state index contributed by atoms with van der Waals surface area (Å²) in [5.41, 5.74) is -1.94. The van der Waals surface area contributed by atoms with E-state index in [4.69, 9.17) is 25.8 Å². The number of benzene rings is 1. The van der Waals surface area contributed by atoms with Crippen LogP contribution in [-0.4, -0.2) is 52.8 Å². The van der Waals surface area contributed by atoms with Crippen molar-refractivity contribution in [2.75, 3.05) is 4.90 Å². The van der Waals surface area contributed by atoms with Gasteiger partial charge in [0.05, 0.1) is 34.2 Å². The molecule has 2 fully saturated rings. The van der Waals surface area contributed by atoms with Crippen molar-refractivity contribution in [1.29, 1.82) is 0 Å². The number of esters is 2. The monoisotopic (exact) mass is 449 g/mol. The zero-order valence-corrected chi connectivity index (χ0v) is 17.0. The summed E-state index contributed by atoms with van der Waals surface area (Å²) < 4.78 is 16.1. The maximum atomic E-state index is 13.4. The van der Waals surface area contributed by atoms with Gasteiger partial charge in [-0.15, -0.1) is 0 Å². The minimum absolute atomic E-state index is 0.0253. The molecule has 3 aliphatic rings. The molecule has 162 valence electrons. The molecule has 0 unspecified atom stereocenters. The SMILES string of the molecule is CC(=O)OC(OC(C)=O)[C@]12C=C[C@@H](O1)[C@@H]1C(=O)N(c3ccc(Cl)c(C(=O)O)c3)C(=O)[C@@H]12. The summed E-state index contributed by atoms with van der Waals surface area (Å²) in [5.74, 6) is -6.31. The second-order valence-electron chi connectivity index (χ2n) is 7.33. The van der Waals surface area contributed by atoms with Gasteiger partial charge in [0.1, 0.15) is 0 Å². The number of imide groups is 1. The summed E-state index contributed by atoms with van der Waals surface area (Å²) in [5, 5.41) is 9.25. The number of carbonyl (C=O) groups is 5. The first-order valence-corrected chi connectivity index (χ1v) is 9.57. The third-order valence-corrected chi connectivity index (χ3v) is 5.76. The topological polar surface area (TPSA) is 137 Å². The summed E-state index contributed by atoms with van der Waals surface area (Å²) >= 11 is 5.89. The first kappa shape index (κ1) is 21.0. The number of rotatable bonds is 5. The van der Waals surface area contributed by atoms with Gasteiger partial charge in [-0.1, -0.05) is 17.7 Å². The molecule has 2 saturated heterocycles. The van der Waals surface area contributed by atoms with Gasteiger partial charge in [-0.3, -0.25) is 19.2 Å². The van der Waals surface area contributed by atoms with Crippen molar-refractivity contribution in [3.63, 3.8) is 0 Å². The van der Waals surface area contributed by atoms with Gasteiger partial charge in [-0.05, 0) is 24.3 Å². The molecular weight excluding hydrogens is 434 g/mol. The number of carbonyl (C=O) groups excluding carboxylic acids is 4. The van der Waals surface area contributed by atoms with Gasteiger partial charge in [0, 0.05) is 13.8 Å². The number of carboxylic acid groups (broad SMARTS) is 1. The van der Waals surface area contributed by atoms with E-state index >= 15 is 0 Å². The molecule has 3 aliphatic heterocycles. The van der Waals surface area contributed by atoms with Crippen LogP contribution in [0.1, 0.15) is 24.2 Å². The van der Waals surface area contributed by atoms with Gasteiger partial charge in [0.25, 0.3) is 6.29 Å². The highest BCUT2D eigenvalue weighted by atomic mass is 35.5. The van der Waals surface area contributed by atoms with Crippen molar-refractivity contribution in [1.82, 2.24) is 0 Å². The Kier molecular flexibility index (Phi) is 4.86. The number of halogens is 1. The fourth-order valence-corrected chi connectivity index (χ4v) is 4.49. The third kappa shape index (κ3) is 3.10. The lowest BCUT2D eigenvalue weighted by Gasteiger charge is -2.34. The van der Waals surface area contributed by atoms with Gasteiger partial charge in [0.15, 0.2) is 5.60 Å². The van der Waals surface area contributed by atoms with Crippen LogP contribution < -0.4 is 4.90 Å². The van der Waals surface area contributed by atoms with Gasteiger partial charge in [-0.2, -0.15) is 0 Å². The molecule has 0 aromatic heterocycles. The van der Waals surface area contributed by atoms with Crippen LogP contribution >= 0.6 is 11.6 Å². The third-order valence-electron chi connectivity index (χ3n) is 5.43. The molecule has 0 aliphatic carbocycles. The van der Waals surface area contributed by atoms with Crippen molar-refractivity contribution in [2.45, 2.75) is 31.8 Å². The van der Waals surface area contributed by atoms with Crippen LogP contribution in [0.5, 0.6) is 0 Å². The largest absolute Gasteiger partial charge is 0.478 e. The van der Waals surface area contributed by atoms with E-state index in [2.05, 4.69) is 0 Å². The summed E-state index contributed by atoms with van der Waals surface area (Å²) in [6.07, 6.45) is 0.594. The fraction of sp³-hybridized carbons (Fsp3) is 0.350. The average molecular weight is 450 g/mol. The minimum atomic E-state index is -1.68. The highest BCUT2D eigenvalue weighted by Gasteiger charge is 2.72. The number of fused-ring (bicyclic) bond motifs is 5. The first-order chi connectivity index (χ1) is 14.6. The summed E-state index contributed by atoms with van der Waals surface area (Å²) in [4.78, 5) is 62.0. The van der Waals surface area contributed by atoms with E-state index in [1.807, 2.05) is 0 Å². The molecule has 3 heterocycles. The summed E-state index contributed by atoms with van der Waals surface area (Å²) in [6, 6.07) is 3.75. The van der Waals surface area contributed by atoms with Crippen molar-refractivity contribution in [2.24, 2.45) is 11.8 Å². The standard InChI is InChI=1S/C20H16ClNO9/c1-8(23)29-19(30-9(2)24)20-6-5-13(31-20)14-15(20)17(26)22(16(14)25)10-3-4-12(21)11(7-10)18(27)28/h3-7,13-15,19H,1-2H3,(H,27,28)/t13-,14+,15-,20-/m1/s1. The lowest BCUT2D eigenvalue weighted by Crippen LogP contribution is -2.52. The second kappa shape index (κ2) is 7.17. The van der Waals surface area contributed by atoms with Crippen molar-refractivity contribution in [3.8, 4) is 0 Å². The van der Waals surface area contributed by atoms with Gasteiger partial charge >= 0.3 is 17.9 Å². The average Bonchev–Trinajstić information content (AvgIpc) is 3.32. The van der Waals surface area contributed by atoms with Crippen LogP contribution in [0.15, 0.2) is 30.4 Å². The van der Waals surface area contributed by atoms with Crippen molar-refractivity contribution < 1.29 is 43.3 Å². The van der Waals surface area contributed by atoms with Crippen LogP contribution in [0.25, 0.3) is 0 Å². The molecule has 0 saturated carbocycles. The van der Waals surface area contributed by atoms with Gasteiger partial charge < -0.3 is 19.3 Å². The number of hydrogen-bond acceptors (Lipinski definition) is 8. The highest BCUT2D eigenvalue weighted by molar-refractivity contribution is 6.34. The van der Waals surface area contributed by atoms with E-state index in [0.29, 0.717) is 0 Å². The molecule has 1 aromatic carbocycles. The molecular formula is C20H16ClNO9. The molecule has 31 heavy (non-hydrogen) atoms. The Labute approximate surface area is 180 Å². The number of amides is 2. The Balaban J connectivity index is 1.76. The second-order valence-corrected chi connectivity index (χ2v) is 7.74. The van der Waals surface area contributed by atoms with E-state index in [-0.39, 0.29) is 16.3 Å². The minimum Gasteiger partial charge on any atom is -0.478 e. The number of aromatic carboxylic acids is 1. The number of ether oxygens (including phenoxy) is 3. The molecule has 4 atom stereocenters. The lowest BCUT2D eigenvalue weighted by atomic mass is 9.76. The molecule has 1 aromatic rings. The molecule has 2 amide bonds. The van der Waals surface area contributed by atoms with Crippen LogP contribution in [0, 0.1) is 11.8 Å². The highest BCUT2D eigenvalue weighted by Crippen LogP contribution is 2.54. The molecule has 10 nitrogen and oxygen atoms in total. The van der Waals surface area contributed by atoms with E-state index < -0.39 is 59.6 Å². The van der Waals surface area contributed by atoms with E-state index in [9.17, 15) is 29.1 Å². The zero-order chi connectivity index (χ0) is 22.7. The number of carboxylic acids is 1. The number of nitrogens with zero attached hydrogens (tertiary/aromatic N) is 1. The van der Waals surface area contributed by atoms with Crippen LogP contribution in [-0.2, 0) is 33.4 Å². The molecule has 4 rings (SSSR count). The van der Waals surface area contributed by atoms with Gasteiger partial charge in [-0.25, -0.2) is 9.69 Å². The van der Waals surface area contributed by atoms with E-state index in [1.54, 1.807) is 6.08 Å². The number of hydrogen-bond donors (Lipinski definition) is 1. The molecule has 0 radical (unpaired) electrons. The van der Waals surface area contributed by atoms with Crippen LogP contribution in [0.2, 0.25) is 5.02 Å². The quantitative estimate of drug-likeness (QED) is 0.305. The van der Waals surface area contributed by atoms with Crippen LogP contribution in [0.4, 0.5) is 5.69 Å². The van der Waals surface area contributed by atoms with Crippen molar-refractivity contribution in [3.05, 3.63) is 40.9 Å². The molecule has 11 heteroatoms. The Morgan fingerprint density at radius 1 is 1.16 bits per heavy atom. The smallest absolute Gasteiger partial charge is 0.337 e. The molecule has 1 N–H and O–H groups in total.